The van der Waals surface area contributed by atoms with Crippen molar-refractivity contribution in [3.05, 3.63) is 58.1 Å². The molecule has 0 N–H and O–H groups in total. The molecule has 5 rings (SSSR count). The molecule has 2 bridgehead atoms. The average Bonchev–Trinajstić information content (AvgIpc) is 3.04. The smallest absolute Gasteiger partial charge is 0.250 e. The number of carbonyl (C=O) groups excluding carboxylic acids is 1. The highest BCUT2D eigenvalue weighted by molar-refractivity contribution is 5.78. The maximum atomic E-state index is 13.1. The molecule has 32 heavy (non-hydrogen) atoms. The second-order valence-corrected chi connectivity index (χ2v) is 9.11. The van der Waals surface area contributed by atoms with Crippen LogP contribution >= 0.6 is 0 Å². The third-order valence-corrected chi connectivity index (χ3v) is 7.22. The van der Waals surface area contributed by atoms with Crippen molar-refractivity contribution >= 4 is 11.7 Å². The Bertz CT molecular complexity index is 1100. The summed E-state index contributed by atoms with van der Waals surface area (Å²) in [5.74, 6) is 0.897. The average molecular weight is 434 g/mol. The van der Waals surface area contributed by atoms with Gasteiger partial charge in [-0.15, -0.1) is 0 Å². The van der Waals surface area contributed by atoms with Crippen molar-refractivity contribution in [2.24, 2.45) is 7.05 Å². The number of hydrogen-bond donors (Lipinski definition) is 0. The third kappa shape index (κ3) is 3.56. The number of aromatic nitrogens is 2. The van der Waals surface area contributed by atoms with E-state index < -0.39 is 5.60 Å². The number of fused-ring (bicyclic) bond motifs is 2. The van der Waals surface area contributed by atoms with Gasteiger partial charge in [-0.25, -0.2) is 4.98 Å². The van der Waals surface area contributed by atoms with Gasteiger partial charge in [0.1, 0.15) is 18.5 Å². The lowest BCUT2D eigenvalue weighted by Crippen LogP contribution is -2.56. The minimum absolute atomic E-state index is 0.0189. The first-order valence-corrected chi connectivity index (χ1v) is 11.2. The predicted octanol–water partition coefficient (Wildman–Crippen LogP) is 1.93. The van der Waals surface area contributed by atoms with Crippen molar-refractivity contribution in [1.82, 2.24) is 14.5 Å². The molecule has 2 aromatic heterocycles. The molecule has 8 nitrogen and oxygen atoms in total. The van der Waals surface area contributed by atoms with Crippen molar-refractivity contribution in [1.29, 1.82) is 5.26 Å². The second kappa shape index (κ2) is 8.06. The molecule has 2 aliphatic heterocycles. The lowest BCUT2D eigenvalue weighted by Gasteiger charge is -2.44. The Hall–Kier alpha value is -3.18. The Labute approximate surface area is 187 Å². The number of rotatable bonds is 5. The number of amides is 1. The summed E-state index contributed by atoms with van der Waals surface area (Å²) in [5, 5.41) is 9.00. The summed E-state index contributed by atoms with van der Waals surface area (Å²) in [5.41, 5.74) is 1.00. The molecular weight excluding hydrogens is 406 g/mol. The quantitative estimate of drug-likeness (QED) is 0.716. The number of nitriles is 1. The van der Waals surface area contributed by atoms with E-state index in [0.717, 1.165) is 43.5 Å². The number of likely N-dealkylation sites (tertiary alicyclic amines) is 1. The number of piperazine rings is 1. The standard InChI is InChI=1S/C24H27N5O3/c1-27-13-18(4-8-22(27)30)24(9-2-10-24)32-16-23(31)28-14-19-5-6-20(15-28)29(19)21-7-3-17(11-25)12-26-21/h3-4,7-8,12-13,19-20H,2,5-6,9-10,14-16H2,1H3. The summed E-state index contributed by atoms with van der Waals surface area (Å²) in [6.07, 6.45) is 8.27. The van der Waals surface area contributed by atoms with Gasteiger partial charge < -0.3 is 19.1 Å². The summed E-state index contributed by atoms with van der Waals surface area (Å²) >= 11 is 0. The number of anilines is 1. The molecule has 2 aromatic rings. The number of nitrogens with zero attached hydrogens (tertiary/aromatic N) is 5. The van der Waals surface area contributed by atoms with Gasteiger partial charge in [0, 0.05) is 56.2 Å². The lowest BCUT2D eigenvalue weighted by molar-refractivity contribution is -0.154. The van der Waals surface area contributed by atoms with Gasteiger partial charge in [0.25, 0.3) is 0 Å². The van der Waals surface area contributed by atoms with Crippen LogP contribution in [0.4, 0.5) is 5.82 Å². The normalized spacial score (nSPS) is 23.5. The summed E-state index contributed by atoms with van der Waals surface area (Å²) in [4.78, 5) is 33.5. The Kier molecular flexibility index (Phi) is 5.22. The fraction of sp³-hybridized carbons (Fsp3) is 0.500. The van der Waals surface area contributed by atoms with Gasteiger partial charge in [-0.1, -0.05) is 0 Å². The molecule has 166 valence electrons. The molecule has 1 aliphatic carbocycles. The molecule has 1 saturated carbocycles. The first-order chi connectivity index (χ1) is 15.5. The number of ether oxygens (including phenoxy) is 1. The van der Waals surface area contributed by atoms with Gasteiger partial charge in [0.2, 0.25) is 11.5 Å². The first kappa shape index (κ1) is 20.7. The molecule has 0 spiro atoms. The molecule has 1 amide bonds. The summed E-state index contributed by atoms with van der Waals surface area (Å²) in [6, 6.07) is 9.67. The largest absolute Gasteiger partial charge is 0.360 e. The van der Waals surface area contributed by atoms with Crippen LogP contribution in [-0.2, 0) is 22.2 Å². The van der Waals surface area contributed by atoms with Crippen molar-refractivity contribution in [3.8, 4) is 6.07 Å². The summed E-state index contributed by atoms with van der Waals surface area (Å²) < 4.78 is 7.79. The molecular formula is C24H27N5O3. The summed E-state index contributed by atoms with van der Waals surface area (Å²) in [6.45, 7) is 1.37. The van der Waals surface area contributed by atoms with Crippen LogP contribution in [0.3, 0.4) is 0 Å². The van der Waals surface area contributed by atoms with Crippen LogP contribution in [0.2, 0.25) is 0 Å². The summed E-state index contributed by atoms with van der Waals surface area (Å²) in [7, 11) is 1.74. The lowest BCUT2D eigenvalue weighted by atomic mass is 9.75. The fourth-order valence-corrected chi connectivity index (χ4v) is 5.25. The zero-order valence-electron chi connectivity index (χ0n) is 18.2. The Morgan fingerprint density at radius 3 is 2.53 bits per heavy atom. The fourth-order valence-electron chi connectivity index (χ4n) is 5.25. The maximum absolute atomic E-state index is 13.1. The molecule has 3 aliphatic rings. The predicted molar refractivity (Wildman–Crippen MR) is 118 cm³/mol. The van der Waals surface area contributed by atoms with E-state index in [2.05, 4.69) is 16.0 Å². The van der Waals surface area contributed by atoms with Crippen molar-refractivity contribution in [2.45, 2.75) is 49.8 Å². The zero-order valence-corrected chi connectivity index (χ0v) is 18.2. The zero-order chi connectivity index (χ0) is 22.3. The molecule has 2 atom stereocenters. The molecule has 4 heterocycles. The van der Waals surface area contributed by atoms with Gasteiger partial charge in [-0.05, 0) is 50.3 Å². The number of aryl methyl sites for hydroxylation is 1. The van der Waals surface area contributed by atoms with Crippen LogP contribution in [0.25, 0.3) is 0 Å². The number of carbonyl (C=O) groups is 1. The van der Waals surface area contributed by atoms with Crippen LogP contribution in [0.1, 0.15) is 43.2 Å². The Morgan fingerprint density at radius 2 is 1.97 bits per heavy atom. The highest BCUT2D eigenvalue weighted by Gasteiger charge is 2.44. The maximum Gasteiger partial charge on any atom is 0.250 e. The first-order valence-electron chi connectivity index (χ1n) is 11.2. The van der Waals surface area contributed by atoms with Crippen molar-refractivity contribution in [3.63, 3.8) is 0 Å². The van der Waals surface area contributed by atoms with E-state index in [9.17, 15) is 9.59 Å². The topological polar surface area (TPSA) is 91.5 Å². The van der Waals surface area contributed by atoms with Crippen LogP contribution < -0.4 is 10.5 Å². The van der Waals surface area contributed by atoms with E-state index >= 15 is 0 Å². The van der Waals surface area contributed by atoms with E-state index in [1.54, 1.807) is 29.9 Å². The Balaban J connectivity index is 1.24. The van der Waals surface area contributed by atoms with Gasteiger partial charge in [0.05, 0.1) is 11.2 Å². The molecule has 2 unspecified atom stereocenters. The number of pyridine rings is 2. The second-order valence-electron chi connectivity index (χ2n) is 9.11. The minimum Gasteiger partial charge on any atom is -0.360 e. The van der Waals surface area contributed by atoms with Crippen molar-refractivity contribution < 1.29 is 9.53 Å². The Morgan fingerprint density at radius 1 is 1.22 bits per heavy atom. The molecule has 0 radical (unpaired) electrons. The highest BCUT2D eigenvalue weighted by Crippen LogP contribution is 2.44. The highest BCUT2D eigenvalue weighted by atomic mass is 16.5. The van der Waals surface area contributed by atoms with Crippen LogP contribution in [0, 0.1) is 11.3 Å². The molecule has 3 fully saturated rings. The van der Waals surface area contributed by atoms with Gasteiger partial charge in [-0.2, -0.15) is 5.26 Å². The van der Waals surface area contributed by atoms with E-state index in [0.29, 0.717) is 18.7 Å². The molecule has 8 heteroatoms. The molecule has 2 saturated heterocycles. The van der Waals surface area contributed by atoms with E-state index in [-0.39, 0.29) is 30.2 Å². The number of hydrogen-bond acceptors (Lipinski definition) is 6. The third-order valence-electron chi connectivity index (χ3n) is 7.22. The van der Waals surface area contributed by atoms with E-state index in [1.807, 2.05) is 23.2 Å². The monoisotopic (exact) mass is 433 g/mol. The van der Waals surface area contributed by atoms with Crippen LogP contribution in [-0.4, -0.2) is 52.1 Å². The van der Waals surface area contributed by atoms with E-state index in [4.69, 9.17) is 10.00 Å². The van der Waals surface area contributed by atoms with Crippen LogP contribution in [0.15, 0.2) is 41.5 Å². The van der Waals surface area contributed by atoms with Gasteiger partial charge in [-0.3, -0.25) is 9.59 Å². The molecule has 0 aromatic carbocycles. The van der Waals surface area contributed by atoms with Crippen LogP contribution in [0.5, 0.6) is 0 Å². The van der Waals surface area contributed by atoms with E-state index in [1.165, 1.54) is 0 Å². The van der Waals surface area contributed by atoms with Gasteiger partial charge >= 0.3 is 0 Å². The minimum atomic E-state index is -0.464. The SMILES string of the molecule is Cn1cc(C2(OCC(=O)N3CC4CCC(C3)N4c3ccc(C#N)cn3)CCC2)ccc1=O. The van der Waals surface area contributed by atoms with Crippen molar-refractivity contribution in [2.75, 3.05) is 24.6 Å². The van der Waals surface area contributed by atoms with Gasteiger partial charge in [0.15, 0.2) is 0 Å².